The van der Waals surface area contributed by atoms with Crippen molar-refractivity contribution < 1.29 is 36.2 Å². The lowest BCUT2D eigenvalue weighted by Crippen LogP contribution is -2.46. The minimum absolute atomic E-state index is 0.00687. The van der Waals surface area contributed by atoms with Crippen LogP contribution in [0.3, 0.4) is 0 Å². The molecule has 1 saturated heterocycles. The maximum atomic E-state index is 14.5. The average Bonchev–Trinajstić information content (AvgIpc) is 3.31. The second-order valence-corrected chi connectivity index (χ2v) is 8.99. The second kappa shape index (κ2) is 7.76. The largest absolute Gasteiger partial charge is 0.493 e. The Balaban J connectivity index is 1.91. The van der Waals surface area contributed by atoms with E-state index >= 15 is 0 Å². The number of fused-ring (bicyclic) bond motifs is 1. The number of carbonyl (C=O) groups excluding carboxylic acids is 1. The Kier molecular flexibility index (Phi) is 5.50. The van der Waals surface area contributed by atoms with Crippen molar-refractivity contribution in [3.05, 3.63) is 46.5 Å². The van der Waals surface area contributed by atoms with E-state index in [9.17, 15) is 26.7 Å². The number of aliphatic imine (C=N–C) groups is 1. The van der Waals surface area contributed by atoms with Gasteiger partial charge in [0.05, 0.1) is 19.3 Å². The second-order valence-electron chi connectivity index (χ2n) is 8.99. The van der Waals surface area contributed by atoms with E-state index in [0.717, 1.165) is 20.1 Å². The molecule has 0 radical (unpaired) electrons. The number of aromatic amines is 1. The molecule has 0 spiro atoms. The first kappa shape index (κ1) is 24.1. The number of hydrogen-bond donors (Lipinski definition) is 2. The molecule has 0 saturated carbocycles. The van der Waals surface area contributed by atoms with Gasteiger partial charge in [0.15, 0.2) is 17.2 Å². The van der Waals surface area contributed by atoms with Gasteiger partial charge in [-0.3, -0.25) is 9.79 Å². The third kappa shape index (κ3) is 3.29. The van der Waals surface area contributed by atoms with Crippen molar-refractivity contribution >= 4 is 12.1 Å². The van der Waals surface area contributed by atoms with E-state index in [1.54, 1.807) is 6.92 Å². The first-order valence-corrected chi connectivity index (χ1v) is 10.4. The van der Waals surface area contributed by atoms with E-state index in [2.05, 4.69) is 15.0 Å². The third-order valence-corrected chi connectivity index (χ3v) is 7.05. The summed E-state index contributed by atoms with van der Waals surface area (Å²) in [5, 5.41) is 0. The molecule has 4 rings (SSSR count). The topological polar surface area (TPSA) is 103 Å². The van der Waals surface area contributed by atoms with E-state index in [1.165, 1.54) is 19.2 Å². The molecule has 1 fully saturated rings. The number of nitrogens with one attached hydrogen (secondary N) is 1. The Morgan fingerprint density at radius 2 is 1.97 bits per heavy atom. The maximum Gasteiger partial charge on any atom is 0.417 e. The van der Waals surface area contributed by atoms with E-state index < -0.39 is 58.4 Å². The van der Waals surface area contributed by atoms with Crippen molar-refractivity contribution in [2.45, 2.75) is 50.0 Å². The van der Waals surface area contributed by atoms with Gasteiger partial charge in [-0.15, -0.1) is 0 Å². The monoisotopic (exact) mass is 486 g/mol. The average molecular weight is 486 g/mol. The van der Waals surface area contributed by atoms with Crippen LogP contribution in [0.2, 0.25) is 0 Å². The Labute approximate surface area is 191 Å². The summed E-state index contributed by atoms with van der Waals surface area (Å²) < 4.78 is 81.5. The van der Waals surface area contributed by atoms with E-state index in [4.69, 9.17) is 15.2 Å². The normalized spacial score (nSPS) is 30.9. The minimum Gasteiger partial charge on any atom is -0.493 e. The molecule has 3 N–H and O–H groups in total. The summed E-state index contributed by atoms with van der Waals surface area (Å²) in [6, 6.07) is 2.00. The number of primary amides is 1. The number of methoxy groups -OCH3 is 1. The number of rotatable bonds is 4. The lowest BCUT2D eigenvalue weighted by Gasteiger charge is -2.32. The van der Waals surface area contributed by atoms with E-state index in [-0.39, 0.29) is 29.3 Å². The molecule has 2 aliphatic rings. The van der Waals surface area contributed by atoms with Gasteiger partial charge < -0.3 is 20.2 Å². The van der Waals surface area contributed by atoms with Crippen molar-refractivity contribution in [2.75, 3.05) is 13.7 Å². The van der Waals surface area contributed by atoms with Crippen LogP contribution in [0.5, 0.6) is 5.75 Å². The van der Waals surface area contributed by atoms with Crippen molar-refractivity contribution in [1.82, 2.24) is 9.97 Å². The zero-order valence-corrected chi connectivity index (χ0v) is 18.8. The van der Waals surface area contributed by atoms with Gasteiger partial charge >= 0.3 is 6.18 Å². The summed E-state index contributed by atoms with van der Waals surface area (Å²) in [4.78, 5) is 23.5. The van der Waals surface area contributed by atoms with Crippen LogP contribution in [-0.2, 0) is 14.9 Å². The van der Waals surface area contributed by atoms with Gasteiger partial charge in [-0.2, -0.15) is 17.6 Å². The smallest absolute Gasteiger partial charge is 0.417 e. The Bertz CT molecular complexity index is 1180. The highest BCUT2D eigenvalue weighted by Crippen LogP contribution is 2.59. The molecule has 1 amide bonds. The summed E-state index contributed by atoms with van der Waals surface area (Å²) in [6.07, 6.45) is -4.77. The molecule has 5 atom stereocenters. The van der Waals surface area contributed by atoms with Gasteiger partial charge in [-0.1, -0.05) is 13.0 Å². The summed E-state index contributed by atoms with van der Waals surface area (Å²) in [7, 11) is 1.10. The van der Waals surface area contributed by atoms with Crippen LogP contribution < -0.4 is 10.5 Å². The van der Waals surface area contributed by atoms with Gasteiger partial charge in [-0.05, 0) is 19.9 Å². The number of imidazole rings is 1. The van der Waals surface area contributed by atoms with Crippen molar-refractivity contribution in [1.29, 1.82) is 0 Å². The SMILES string of the molecule is COc1c([C@H]2[C@H](c3nc4c([nH]3)C(C)(C(N)=O)CN=C4)O[C@@](C)(C(F)(F)F)[C@H]2C)ccc(F)c1F. The van der Waals surface area contributed by atoms with Gasteiger partial charge in [0, 0.05) is 23.6 Å². The number of benzene rings is 1. The fourth-order valence-electron chi connectivity index (χ4n) is 4.70. The van der Waals surface area contributed by atoms with Crippen LogP contribution in [0.15, 0.2) is 17.1 Å². The zero-order chi connectivity index (χ0) is 25.2. The van der Waals surface area contributed by atoms with E-state index in [0.29, 0.717) is 0 Å². The Hall–Kier alpha value is -3.02. The van der Waals surface area contributed by atoms with Crippen molar-refractivity contribution in [3.8, 4) is 5.75 Å². The highest BCUT2D eigenvalue weighted by Gasteiger charge is 2.65. The number of amides is 1. The fraction of sp³-hybridized carbons (Fsp3) is 0.500. The molecule has 1 aromatic heterocycles. The number of H-pyrrole nitrogens is 1. The number of carbonyl (C=O) groups is 1. The van der Waals surface area contributed by atoms with Gasteiger partial charge in [0.2, 0.25) is 11.7 Å². The van der Waals surface area contributed by atoms with Gasteiger partial charge in [-0.25, -0.2) is 9.37 Å². The van der Waals surface area contributed by atoms with Crippen LogP contribution in [0.4, 0.5) is 22.0 Å². The highest BCUT2D eigenvalue weighted by atomic mass is 19.4. The first-order valence-electron chi connectivity index (χ1n) is 10.4. The molecule has 184 valence electrons. The summed E-state index contributed by atoms with van der Waals surface area (Å²) in [6.45, 7) is 3.78. The van der Waals surface area contributed by atoms with Crippen LogP contribution in [-0.4, -0.2) is 47.5 Å². The maximum absolute atomic E-state index is 14.5. The van der Waals surface area contributed by atoms with Crippen LogP contribution in [0.25, 0.3) is 0 Å². The predicted molar refractivity (Wildman–Crippen MR) is 111 cm³/mol. The highest BCUT2D eigenvalue weighted by molar-refractivity contribution is 5.92. The molecule has 2 aliphatic heterocycles. The molecule has 12 heteroatoms. The number of alkyl halides is 3. The molecular formula is C22H23F5N4O3. The summed E-state index contributed by atoms with van der Waals surface area (Å²) in [5.41, 5.74) is 2.16. The molecular weight excluding hydrogens is 463 g/mol. The lowest BCUT2D eigenvalue weighted by atomic mass is 9.77. The molecule has 34 heavy (non-hydrogen) atoms. The number of nitrogens with zero attached hydrogens (tertiary/aromatic N) is 2. The predicted octanol–water partition coefficient (Wildman–Crippen LogP) is 3.68. The van der Waals surface area contributed by atoms with Crippen LogP contribution in [0, 0.1) is 17.6 Å². The van der Waals surface area contributed by atoms with Crippen LogP contribution in [0.1, 0.15) is 55.6 Å². The summed E-state index contributed by atoms with van der Waals surface area (Å²) >= 11 is 0. The minimum atomic E-state index is -4.79. The number of ether oxygens (including phenoxy) is 2. The van der Waals surface area contributed by atoms with E-state index in [1.807, 2.05) is 0 Å². The molecule has 0 aliphatic carbocycles. The number of aromatic nitrogens is 2. The zero-order valence-electron chi connectivity index (χ0n) is 18.8. The van der Waals surface area contributed by atoms with Crippen molar-refractivity contribution in [2.24, 2.45) is 16.6 Å². The fourth-order valence-corrected chi connectivity index (χ4v) is 4.70. The first-order chi connectivity index (χ1) is 15.8. The number of nitrogens with two attached hydrogens (primary N) is 1. The quantitative estimate of drug-likeness (QED) is 0.644. The number of halogens is 5. The molecule has 0 bridgehead atoms. The molecule has 2 aromatic rings. The Morgan fingerprint density at radius 1 is 1.29 bits per heavy atom. The van der Waals surface area contributed by atoms with Crippen LogP contribution >= 0.6 is 0 Å². The summed E-state index contributed by atoms with van der Waals surface area (Å²) in [5.74, 6) is -6.15. The Morgan fingerprint density at radius 3 is 2.56 bits per heavy atom. The van der Waals surface area contributed by atoms with Crippen molar-refractivity contribution in [3.63, 3.8) is 0 Å². The number of hydrogen-bond acceptors (Lipinski definition) is 5. The standard InChI is InChI=1S/C22H23F5N4O3/c1-9-13(10-5-6-11(23)14(24)15(10)33-4)16(34-21(9,3)22(25,26)27)18-30-12-7-29-8-20(2,19(28)32)17(12)31-18/h5-7,9,13,16H,8H2,1-4H3,(H2,28,32)(H,30,31)/t9-,13-,16+,20?,21+/m0/s1. The van der Waals surface area contributed by atoms with Gasteiger partial charge in [0.1, 0.15) is 23.0 Å². The molecule has 1 aromatic carbocycles. The van der Waals surface area contributed by atoms with Gasteiger partial charge in [0.25, 0.3) is 0 Å². The molecule has 7 nitrogen and oxygen atoms in total. The molecule has 1 unspecified atom stereocenters. The third-order valence-electron chi connectivity index (χ3n) is 7.05. The lowest BCUT2D eigenvalue weighted by molar-refractivity contribution is -0.275. The molecule has 3 heterocycles.